The van der Waals surface area contributed by atoms with Gasteiger partial charge in [0, 0.05) is 32.8 Å². The molecule has 0 spiro atoms. The van der Waals surface area contributed by atoms with E-state index in [9.17, 15) is 9.59 Å². The highest BCUT2D eigenvalue weighted by Crippen LogP contribution is 2.26. The third-order valence-electron chi connectivity index (χ3n) is 4.76. The molecule has 1 aromatic carbocycles. The molecule has 1 heterocycles. The molecule has 7 nitrogen and oxygen atoms in total. The van der Waals surface area contributed by atoms with E-state index in [4.69, 9.17) is 14.9 Å². The summed E-state index contributed by atoms with van der Waals surface area (Å²) in [5.41, 5.74) is 0.831. The summed E-state index contributed by atoms with van der Waals surface area (Å²) < 4.78 is 13.0. The highest BCUT2D eigenvalue weighted by molar-refractivity contribution is 8.18. The van der Waals surface area contributed by atoms with Gasteiger partial charge in [-0.1, -0.05) is 55.7 Å². The molecule has 1 aromatic heterocycles. The van der Waals surface area contributed by atoms with Crippen molar-refractivity contribution in [2.24, 2.45) is 0 Å². The number of nitrogens with zero attached hydrogens (tertiary/aromatic N) is 1. The minimum Gasteiger partial charge on any atom is -0.444 e. The highest BCUT2D eigenvalue weighted by Gasteiger charge is 2.20. The molecule has 0 bridgehead atoms. The van der Waals surface area contributed by atoms with Crippen molar-refractivity contribution in [3.8, 4) is 0 Å². The van der Waals surface area contributed by atoms with Gasteiger partial charge in [0.15, 0.2) is 0 Å². The first kappa shape index (κ1) is 27.9. The maximum Gasteiger partial charge on any atom is 0.407 e. The van der Waals surface area contributed by atoms with Gasteiger partial charge in [-0.3, -0.25) is 10.2 Å². The summed E-state index contributed by atoms with van der Waals surface area (Å²) in [6, 6.07) is 8.75. The number of allylic oxidation sites excluding steroid dienone is 1. The minimum absolute atomic E-state index is 0.0754. The molecule has 0 unspecified atom stereocenters. The molecule has 2 N–H and O–H groups in total. The van der Waals surface area contributed by atoms with Crippen molar-refractivity contribution < 1.29 is 19.1 Å². The number of rotatable bonds is 10. The average Bonchev–Trinajstić information content (AvgIpc) is 3.07. The normalized spacial score (nSPS) is 12.6. The summed E-state index contributed by atoms with van der Waals surface area (Å²) in [6.45, 7) is 15.4. The predicted octanol–water partition coefficient (Wildman–Crippen LogP) is 6.28. The van der Waals surface area contributed by atoms with Crippen molar-refractivity contribution >= 4 is 47.7 Å². The van der Waals surface area contributed by atoms with E-state index in [0.29, 0.717) is 18.9 Å². The summed E-state index contributed by atoms with van der Waals surface area (Å²) in [4.78, 5) is 25.6. The van der Waals surface area contributed by atoms with Gasteiger partial charge in [-0.2, -0.15) is 0 Å². The van der Waals surface area contributed by atoms with Crippen LogP contribution in [0.1, 0.15) is 38.1 Å². The molecule has 0 aliphatic rings. The zero-order valence-corrected chi connectivity index (χ0v) is 23.1. The Hall–Kier alpha value is -2.36. The average molecular weight is 504 g/mol. The number of para-hydroxylation sites is 1. The van der Waals surface area contributed by atoms with Crippen LogP contribution in [0, 0.1) is 5.41 Å². The van der Waals surface area contributed by atoms with Gasteiger partial charge in [-0.05, 0) is 44.7 Å². The molecule has 186 valence electrons. The number of ether oxygens (including phenoxy) is 2. The number of thioether (sulfide) groups is 1. The lowest BCUT2D eigenvalue weighted by Crippen LogP contribution is -2.32. The molecule has 9 heteroatoms. The van der Waals surface area contributed by atoms with Crippen molar-refractivity contribution in [3.05, 3.63) is 47.0 Å². The second-order valence-electron chi connectivity index (χ2n) is 10.3. The standard InChI is InChI=1S/C25H37N3O4SSi/c1-18(12-13-27-24(30)32-25(2,3)4)33-23(26)22(29)20-16-28(17-31-14-15-34(5,6)7)21-11-9-8-10-19(20)21/h8-12,16,26H,13-15,17H2,1-7H3,(H,27,30)/b18-12+,26-23?. The SMILES string of the molecule is C/C(=C\CNC(=O)OC(C)(C)C)SC(=N)C(=O)c1cn(COCC[Si](C)(C)C)c2ccccc12. The van der Waals surface area contributed by atoms with E-state index in [-0.39, 0.29) is 17.4 Å². The number of nitrogens with one attached hydrogen (secondary N) is 2. The van der Waals surface area contributed by atoms with Crippen LogP contribution in [0.25, 0.3) is 10.9 Å². The number of ketones is 1. The molecule has 0 saturated heterocycles. The van der Waals surface area contributed by atoms with E-state index in [2.05, 4.69) is 25.0 Å². The molecular weight excluding hydrogens is 466 g/mol. The van der Waals surface area contributed by atoms with Gasteiger partial charge >= 0.3 is 6.09 Å². The fourth-order valence-electron chi connectivity index (χ4n) is 3.04. The quantitative estimate of drug-likeness (QED) is 0.131. The molecule has 34 heavy (non-hydrogen) atoms. The number of benzene rings is 1. The summed E-state index contributed by atoms with van der Waals surface area (Å²) >= 11 is 1.08. The predicted molar refractivity (Wildman–Crippen MR) is 144 cm³/mol. The van der Waals surface area contributed by atoms with Gasteiger partial charge < -0.3 is 19.4 Å². The number of carbonyl (C=O) groups excluding carboxylic acids is 2. The Morgan fingerprint density at radius 2 is 1.88 bits per heavy atom. The summed E-state index contributed by atoms with van der Waals surface area (Å²) in [6.07, 6.45) is 3.03. The lowest BCUT2D eigenvalue weighted by atomic mass is 10.1. The number of alkyl carbamates (subject to hydrolysis) is 1. The fraction of sp³-hybridized carbons (Fsp3) is 0.480. The largest absolute Gasteiger partial charge is 0.444 e. The van der Waals surface area contributed by atoms with Gasteiger partial charge in [0.05, 0.1) is 11.1 Å². The van der Waals surface area contributed by atoms with Crippen LogP contribution in [0.15, 0.2) is 41.4 Å². The second-order valence-corrected chi connectivity index (χ2v) is 17.2. The summed E-state index contributed by atoms with van der Waals surface area (Å²) in [5, 5.41) is 11.7. The van der Waals surface area contributed by atoms with E-state index in [1.54, 1.807) is 40.0 Å². The van der Waals surface area contributed by atoms with Gasteiger partial charge in [0.25, 0.3) is 0 Å². The Balaban J connectivity index is 2.02. The first-order valence-electron chi connectivity index (χ1n) is 11.4. The molecule has 0 radical (unpaired) electrons. The minimum atomic E-state index is -1.17. The van der Waals surface area contributed by atoms with Crippen LogP contribution >= 0.6 is 11.8 Å². The maximum absolute atomic E-state index is 13.1. The van der Waals surface area contributed by atoms with E-state index in [0.717, 1.165) is 33.6 Å². The Labute approximate surface area is 207 Å². The maximum atomic E-state index is 13.1. The number of hydrogen-bond donors (Lipinski definition) is 2. The van der Waals surface area contributed by atoms with Gasteiger partial charge in [0.2, 0.25) is 5.78 Å². The van der Waals surface area contributed by atoms with Crippen LogP contribution < -0.4 is 5.32 Å². The zero-order valence-electron chi connectivity index (χ0n) is 21.3. The van der Waals surface area contributed by atoms with Crippen LogP contribution in [-0.2, 0) is 16.2 Å². The molecule has 0 fully saturated rings. The molecule has 1 amide bonds. The Bertz CT molecular complexity index is 1060. The molecule has 0 aliphatic carbocycles. The molecule has 2 rings (SSSR count). The van der Waals surface area contributed by atoms with Crippen molar-refractivity contribution in [2.75, 3.05) is 13.2 Å². The molecule has 0 atom stereocenters. The Kier molecular flexibility index (Phi) is 9.72. The Morgan fingerprint density at radius 3 is 2.53 bits per heavy atom. The molecular formula is C25H37N3O4SSi. The van der Waals surface area contributed by atoms with Crippen molar-refractivity contribution in [1.29, 1.82) is 5.41 Å². The van der Waals surface area contributed by atoms with Crippen molar-refractivity contribution in [1.82, 2.24) is 9.88 Å². The smallest absolute Gasteiger partial charge is 0.407 e. The summed E-state index contributed by atoms with van der Waals surface area (Å²) in [7, 11) is -1.17. The number of Topliss-reactive ketones (excluding diaryl/α,β-unsaturated/α-hetero) is 1. The number of hydrogen-bond acceptors (Lipinski definition) is 6. The number of fused-ring (bicyclic) bond motifs is 1. The Morgan fingerprint density at radius 1 is 1.21 bits per heavy atom. The van der Waals surface area contributed by atoms with Crippen LogP contribution in [0.4, 0.5) is 4.79 Å². The van der Waals surface area contributed by atoms with Crippen LogP contribution in [-0.4, -0.2) is 48.3 Å². The van der Waals surface area contributed by atoms with Crippen LogP contribution in [0.5, 0.6) is 0 Å². The van der Waals surface area contributed by atoms with E-state index in [1.807, 2.05) is 28.8 Å². The monoisotopic (exact) mass is 503 g/mol. The molecule has 2 aromatic rings. The third-order valence-corrected chi connectivity index (χ3v) is 7.35. The highest BCUT2D eigenvalue weighted by atomic mass is 32.2. The molecule has 0 aliphatic heterocycles. The summed E-state index contributed by atoms with van der Waals surface area (Å²) in [5.74, 6) is -0.338. The van der Waals surface area contributed by atoms with Crippen molar-refractivity contribution in [3.63, 3.8) is 0 Å². The zero-order chi connectivity index (χ0) is 25.5. The van der Waals surface area contributed by atoms with Crippen LogP contribution in [0.2, 0.25) is 25.7 Å². The second kappa shape index (κ2) is 11.9. The first-order chi connectivity index (χ1) is 15.8. The lowest BCUT2D eigenvalue weighted by molar-refractivity contribution is 0.0534. The number of aromatic nitrogens is 1. The van der Waals surface area contributed by atoms with E-state index in [1.165, 1.54) is 0 Å². The third kappa shape index (κ3) is 9.12. The number of carbonyl (C=O) groups is 2. The topological polar surface area (TPSA) is 93.4 Å². The van der Waals surface area contributed by atoms with Crippen LogP contribution in [0.3, 0.4) is 0 Å². The number of amides is 1. The van der Waals surface area contributed by atoms with Gasteiger partial charge in [-0.25, -0.2) is 4.79 Å². The first-order valence-corrected chi connectivity index (χ1v) is 15.9. The molecule has 0 saturated carbocycles. The van der Waals surface area contributed by atoms with E-state index >= 15 is 0 Å². The lowest BCUT2D eigenvalue weighted by Gasteiger charge is -2.19. The van der Waals surface area contributed by atoms with Gasteiger partial charge in [-0.15, -0.1) is 0 Å². The van der Waals surface area contributed by atoms with Gasteiger partial charge in [0.1, 0.15) is 17.4 Å². The van der Waals surface area contributed by atoms with Crippen molar-refractivity contribution in [2.45, 2.75) is 65.7 Å². The van der Waals surface area contributed by atoms with E-state index < -0.39 is 19.8 Å². The fourth-order valence-corrected chi connectivity index (χ4v) is 4.49.